The Labute approximate surface area is 118 Å². The third-order valence-electron chi connectivity index (χ3n) is 3.27. The van der Waals surface area contributed by atoms with Crippen molar-refractivity contribution in [2.75, 3.05) is 7.05 Å². The molecule has 0 N–H and O–H groups in total. The van der Waals surface area contributed by atoms with Crippen molar-refractivity contribution in [2.45, 2.75) is 31.7 Å². The fraction of sp³-hybridized carbons (Fsp3) is 0.385. The maximum absolute atomic E-state index is 12.6. The van der Waals surface area contributed by atoms with Crippen LogP contribution in [0.2, 0.25) is 0 Å². The monoisotopic (exact) mass is 295 g/mol. The molecule has 1 atom stereocenters. The summed E-state index contributed by atoms with van der Waals surface area (Å²) in [6.07, 6.45) is 1.64. The van der Waals surface area contributed by atoms with E-state index < -0.39 is 10.0 Å². The van der Waals surface area contributed by atoms with Crippen LogP contribution in [0.3, 0.4) is 0 Å². The van der Waals surface area contributed by atoms with E-state index in [0.29, 0.717) is 17.1 Å². The van der Waals surface area contributed by atoms with Gasteiger partial charge in [-0.2, -0.15) is 4.31 Å². The van der Waals surface area contributed by atoms with Crippen LogP contribution < -0.4 is 0 Å². The Bertz CT molecular complexity index is 675. The summed E-state index contributed by atoms with van der Waals surface area (Å²) >= 11 is 0. The van der Waals surface area contributed by atoms with Crippen LogP contribution in [-0.4, -0.2) is 29.9 Å². The molecule has 0 saturated heterocycles. The zero-order valence-electron chi connectivity index (χ0n) is 11.9. The summed E-state index contributed by atoms with van der Waals surface area (Å²) in [4.78, 5) is 4.32. The number of aryl methyl sites for hydroxylation is 2. The van der Waals surface area contributed by atoms with E-state index in [0.717, 1.165) is 0 Å². The Hall–Kier alpha value is -1.73. The highest BCUT2D eigenvalue weighted by Gasteiger charge is 2.32. The minimum Gasteiger partial charge on any atom is -0.360 e. The first-order valence-electron chi connectivity index (χ1n) is 6.17. The fourth-order valence-corrected chi connectivity index (χ4v) is 3.63. The molecule has 0 aliphatic carbocycles. The summed E-state index contributed by atoms with van der Waals surface area (Å²) in [6.45, 7) is 4.99. The third-order valence-corrected chi connectivity index (χ3v) is 5.44. The Kier molecular flexibility index (Phi) is 3.92. The van der Waals surface area contributed by atoms with E-state index in [4.69, 9.17) is 4.52 Å². The molecule has 2 aromatic heterocycles. The molecule has 2 heterocycles. The lowest BCUT2D eigenvalue weighted by atomic mass is 10.2. The normalized spacial score (nSPS) is 13.7. The van der Waals surface area contributed by atoms with E-state index in [2.05, 4.69) is 10.1 Å². The minimum atomic E-state index is -3.67. The molecule has 0 bridgehead atoms. The van der Waals surface area contributed by atoms with Crippen LogP contribution >= 0.6 is 0 Å². The van der Waals surface area contributed by atoms with Gasteiger partial charge in [0, 0.05) is 13.2 Å². The molecule has 0 spiro atoms. The summed E-state index contributed by atoms with van der Waals surface area (Å²) in [5.74, 6) is 0.294. The quantitative estimate of drug-likeness (QED) is 0.863. The molecule has 2 aromatic rings. The van der Waals surface area contributed by atoms with Crippen molar-refractivity contribution in [1.29, 1.82) is 0 Å². The number of sulfonamides is 1. The van der Waals surface area contributed by atoms with Crippen molar-refractivity contribution in [3.05, 3.63) is 41.5 Å². The number of rotatable bonds is 4. The van der Waals surface area contributed by atoms with Gasteiger partial charge < -0.3 is 4.52 Å². The van der Waals surface area contributed by atoms with Gasteiger partial charge in [-0.1, -0.05) is 11.2 Å². The van der Waals surface area contributed by atoms with E-state index >= 15 is 0 Å². The summed E-state index contributed by atoms with van der Waals surface area (Å²) in [5, 5.41) is 3.70. The number of pyridine rings is 1. The molecule has 7 heteroatoms. The molecule has 0 saturated carbocycles. The largest absolute Gasteiger partial charge is 0.360 e. The van der Waals surface area contributed by atoms with Crippen LogP contribution in [0, 0.1) is 13.8 Å². The summed E-state index contributed by atoms with van der Waals surface area (Å²) < 4.78 is 31.5. The van der Waals surface area contributed by atoms with Gasteiger partial charge in [0.15, 0.2) is 5.76 Å². The third kappa shape index (κ3) is 2.46. The van der Waals surface area contributed by atoms with E-state index in [-0.39, 0.29) is 10.9 Å². The standard InChI is InChI=1S/C13H17N3O3S/c1-9-13(11(3)19-15-9)20(17,18)16(4)10(2)12-7-5-6-8-14-12/h5-8,10H,1-4H3. The Morgan fingerprint density at radius 1 is 1.30 bits per heavy atom. The van der Waals surface area contributed by atoms with Gasteiger partial charge in [0.25, 0.3) is 0 Å². The second-order valence-electron chi connectivity index (χ2n) is 4.61. The molecule has 1 unspecified atom stereocenters. The fourth-order valence-electron chi connectivity index (χ4n) is 2.00. The number of hydrogen-bond donors (Lipinski definition) is 0. The molecule has 2 rings (SSSR count). The molecule has 0 aromatic carbocycles. The molecule has 0 aliphatic heterocycles. The van der Waals surface area contributed by atoms with Crippen LogP contribution in [0.5, 0.6) is 0 Å². The van der Waals surface area contributed by atoms with E-state index in [1.165, 1.54) is 11.4 Å². The smallest absolute Gasteiger partial charge is 0.248 e. The highest BCUT2D eigenvalue weighted by atomic mass is 32.2. The zero-order chi connectivity index (χ0) is 14.9. The Morgan fingerprint density at radius 3 is 2.50 bits per heavy atom. The topological polar surface area (TPSA) is 76.3 Å². The lowest BCUT2D eigenvalue weighted by molar-refractivity contribution is 0.382. The van der Waals surface area contributed by atoms with Gasteiger partial charge in [-0.05, 0) is 32.9 Å². The summed E-state index contributed by atoms with van der Waals surface area (Å²) in [6, 6.07) is 5.04. The molecule has 0 fully saturated rings. The molecule has 0 aliphatic rings. The van der Waals surface area contributed by atoms with Gasteiger partial charge in [0.2, 0.25) is 10.0 Å². The lowest BCUT2D eigenvalue weighted by Crippen LogP contribution is -2.30. The maximum atomic E-state index is 12.6. The Balaban J connectivity index is 2.40. The highest BCUT2D eigenvalue weighted by Crippen LogP contribution is 2.28. The molecule has 0 radical (unpaired) electrons. The van der Waals surface area contributed by atoms with E-state index in [9.17, 15) is 8.42 Å². The summed E-state index contributed by atoms with van der Waals surface area (Å²) in [7, 11) is -2.14. The molecule has 6 nitrogen and oxygen atoms in total. The first kappa shape index (κ1) is 14.7. The van der Waals surface area contributed by atoms with Gasteiger partial charge in [0.1, 0.15) is 10.6 Å². The van der Waals surface area contributed by atoms with Crippen molar-refractivity contribution in [3.8, 4) is 0 Å². The van der Waals surface area contributed by atoms with Gasteiger partial charge in [0.05, 0.1) is 11.7 Å². The predicted octanol–water partition coefficient (Wildman–Crippen LogP) is 2.07. The molecule has 20 heavy (non-hydrogen) atoms. The van der Waals surface area contributed by atoms with Crippen LogP contribution in [0.25, 0.3) is 0 Å². The van der Waals surface area contributed by atoms with Crippen molar-refractivity contribution in [2.24, 2.45) is 0 Å². The first-order chi connectivity index (χ1) is 9.35. The van der Waals surface area contributed by atoms with Crippen molar-refractivity contribution < 1.29 is 12.9 Å². The van der Waals surface area contributed by atoms with Crippen LogP contribution in [0.4, 0.5) is 0 Å². The van der Waals surface area contributed by atoms with Crippen LogP contribution in [-0.2, 0) is 10.0 Å². The minimum absolute atomic E-state index is 0.128. The van der Waals surface area contributed by atoms with Crippen molar-refractivity contribution in [1.82, 2.24) is 14.4 Å². The zero-order valence-corrected chi connectivity index (χ0v) is 12.7. The Morgan fingerprint density at radius 2 is 2.00 bits per heavy atom. The molecule has 0 amide bonds. The number of nitrogens with zero attached hydrogens (tertiary/aromatic N) is 3. The molecular formula is C13H17N3O3S. The molecule has 108 valence electrons. The lowest BCUT2D eigenvalue weighted by Gasteiger charge is -2.23. The number of hydrogen-bond acceptors (Lipinski definition) is 5. The molecular weight excluding hydrogens is 278 g/mol. The number of aromatic nitrogens is 2. The second-order valence-corrected chi connectivity index (χ2v) is 6.54. The second kappa shape index (κ2) is 5.34. The van der Waals surface area contributed by atoms with Crippen molar-refractivity contribution in [3.63, 3.8) is 0 Å². The average molecular weight is 295 g/mol. The van der Waals surface area contributed by atoms with Crippen molar-refractivity contribution >= 4 is 10.0 Å². The SMILES string of the molecule is Cc1noc(C)c1S(=O)(=O)N(C)C(C)c1ccccn1. The van der Waals surface area contributed by atoms with E-state index in [1.807, 2.05) is 6.07 Å². The first-order valence-corrected chi connectivity index (χ1v) is 7.61. The summed E-state index contributed by atoms with van der Waals surface area (Å²) in [5.41, 5.74) is 1.05. The highest BCUT2D eigenvalue weighted by molar-refractivity contribution is 7.89. The van der Waals surface area contributed by atoms with Gasteiger partial charge in [-0.3, -0.25) is 4.98 Å². The van der Waals surface area contributed by atoms with Gasteiger partial charge in [-0.25, -0.2) is 8.42 Å². The van der Waals surface area contributed by atoms with Gasteiger partial charge in [-0.15, -0.1) is 0 Å². The average Bonchev–Trinajstić information content (AvgIpc) is 2.78. The maximum Gasteiger partial charge on any atom is 0.248 e. The van der Waals surface area contributed by atoms with Crippen LogP contribution in [0.1, 0.15) is 30.1 Å². The van der Waals surface area contributed by atoms with Gasteiger partial charge >= 0.3 is 0 Å². The predicted molar refractivity (Wildman–Crippen MR) is 73.6 cm³/mol. The van der Waals surface area contributed by atoms with E-state index in [1.54, 1.807) is 39.1 Å². The van der Waals surface area contributed by atoms with Crippen LogP contribution in [0.15, 0.2) is 33.8 Å².